The van der Waals surface area contributed by atoms with Gasteiger partial charge in [0.15, 0.2) is 11.6 Å². The van der Waals surface area contributed by atoms with Crippen LogP contribution in [0, 0.1) is 30.4 Å². The molecule has 0 aliphatic rings. The van der Waals surface area contributed by atoms with Crippen molar-refractivity contribution in [2.45, 2.75) is 13.5 Å². The first-order valence-corrected chi connectivity index (χ1v) is 6.37. The van der Waals surface area contributed by atoms with Crippen LogP contribution in [-0.4, -0.2) is 11.7 Å². The van der Waals surface area contributed by atoms with Gasteiger partial charge in [0.05, 0.1) is 5.56 Å². The fraction of sp³-hybridized carbons (Fsp3) is 0.176. The van der Waals surface area contributed by atoms with Gasteiger partial charge >= 0.3 is 0 Å². The van der Waals surface area contributed by atoms with E-state index in [2.05, 4.69) is 11.8 Å². The molecule has 108 valence electrons. The van der Waals surface area contributed by atoms with E-state index >= 15 is 0 Å². The van der Waals surface area contributed by atoms with E-state index in [0.717, 1.165) is 17.7 Å². The van der Waals surface area contributed by atoms with Gasteiger partial charge in [0.1, 0.15) is 19.0 Å². The third-order valence-corrected chi connectivity index (χ3v) is 2.82. The van der Waals surface area contributed by atoms with E-state index in [-0.39, 0.29) is 13.2 Å². The van der Waals surface area contributed by atoms with Gasteiger partial charge in [-0.2, -0.15) is 0 Å². The van der Waals surface area contributed by atoms with Crippen LogP contribution >= 0.6 is 0 Å². The highest BCUT2D eigenvalue weighted by atomic mass is 19.2. The van der Waals surface area contributed by atoms with Crippen LogP contribution in [0.4, 0.5) is 8.78 Å². The summed E-state index contributed by atoms with van der Waals surface area (Å²) in [5.41, 5.74) is 2.18. The van der Waals surface area contributed by atoms with Gasteiger partial charge in [-0.05, 0) is 42.3 Å². The lowest BCUT2D eigenvalue weighted by atomic mass is 10.1. The molecule has 0 fully saturated rings. The summed E-state index contributed by atoms with van der Waals surface area (Å²) in [6, 6.07) is 9.09. The first-order valence-electron chi connectivity index (χ1n) is 6.37. The summed E-state index contributed by atoms with van der Waals surface area (Å²) in [5, 5.41) is 8.76. The van der Waals surface area contributed by atoms with Gasteiger partial charge in [-0.25, -0.2) is 8.78 Å². The summed E-state index contributed by atoms with van der Waals surface area (Å²) < 4.78 is 31.6. The van der Waals surface area contributed by atoms with Crippen molar-refractivity contribution in [3.63, 3.8) is 0 Å². The van der Waals surface area contributed by atoms with Crippen molar-refractivity contribution in [2.24, 2.45) is 0 Å². The maximum absolute atomic E-state index is 13.1. The molecule has 2 aromatic carbocycles. The van der Waals surface area contributed by atoms with E-state index in [1.165, 1.54) is 6.07 Å². The lowest BCUT2D eigenvalue weighted by molar-refractivity contribution is 0.304. The minimum absolute atomic E-state index is 0.105. The van der Waals surface area contributed by atoms with Crippen LogP contribution in [-0.2, 0) is 6.61 Å². The van der Waals surface area contributed by atoms with E-state index in [1.54, 1.807) is 6.07 Å². The van der Waals surface area contributed by atoms with Gasteiger partial charge in [-0.1, -0.05) is 24.0 Å². The molecule has 0 aliphatic heterocycles. The Labute approximate surface area is 122 Å². The van der Waals surface area contributed by atoms with Gasteiger partial charge in [0, 0.05) is 0 Å². The molecule has 0 unspecified atom stereocenters. The summed E-state index contributed by atoms with van der Waals surface area (Å²) in [4.78, 5) is 0. The highest BCUT2D eigenvalue weighted by molar-refractivity contribution is 5.48. The van der Waals surface area contributed by atoms with E-state index in [9.17, 15) is 8.78 Å². The second kappa shape index (κ2) is 6.87. The van der Waals surface area contributed by atoms with Gasteiger partial charge in [-0.3, -0.25) is 0 Å². The lowest BCUT2D eigenvalue weighted by Crippen LogP contribution is -1.99. The Morgan fingerprint density at radius 3 is 2.62 bits per heavy atom. The monoisotopic (exact) mass is 288 g/mol. The number of aliphatic hydroxyl groups excluding tert-OH is 1. The van der Waals surface area contributed by atoms with Crippen molar-refractivity contribution in [1.29, 1.82) is 0 Å². The van der Waals surface area contributed by atoms with Crippen LogP contribution < -0.4 is 4.74 Å². The largest absolute Gasteiger partial charge is 0.488 e. The van der Waals surface area contributed by atoms with E-state index in [0.29, 0.717) is 16.9 Å². The summed E-state index contributed by atoms with van der Waals surface area (Å²) in [7, 11) is 0. The number of aliphatic hydroxyl groups is 1. The molecule has 0 heterocycles. The molecule has 21 heavy (non-hydrogen) atoms. The zero-order valence-electron chi connectivity index (χ0n) is 11.5. The van der Waals surface area contributed by atoms with Crippen molar-refractivity contribution in [3.05, 3.63) is 64.7 Å². The first-order chi connectivity index (χ1) is 10.1. The third kappa shape index (κ3) is 4.04. The van der Waals surface area contributed by atoms with Crippen molar-refractivity contribution < 1.29 is 18.6 Å². The second-order valence-electron chi connectivity index (χ2n) is 4.50. The maximum atomic E-state index is 13.1. The molecule has 0 spiro atoms. The Bertz CT molecular complexity index is 700. The minimum atomic E-state index is -0.902. The lowest BCUT2D eigenvalue weighted by Gasteiger charge is -2.09. The number of ether oxygens (including phenoxy) is 1. The minimum Gasteiger partial charge on any atom is -0.488 e. The summed E-state index contributed by atoms with van der Waals surface area (Å²) in [6.45, 7) is 1.79. The van der Waals surface area contributed by atoms with Crippen LogP contribution in [0.3, 0.4) is 0 Å². The Morgan fingerprint density at radius 1 is 1.10 bits per heavy atom. The van der Waals surface area contributed by atoms with Crippen molar-refractivity contribution in [2.75, 3.05) is 6.61 Å². The molecule has 0 saturated heterocycles. The Kier molecular flexibility index (Phi) is 4.91. The SMILES string of the molecule is Cc1ccc(OCc2ccc(F)c(F)c2)c(C#CCO)c1. The van der Waals surface area contributed by atoms with Crippen LogP contribution in [0.25, 0.3) is 0 Å². The number of benzene rings is 2. The molecular formula is C17H14F2O2. The normalized spacial score (nSPS) is 9.90. The third-order valence-electron chi connectivity index (χ3n) is 2.82. The Morgan fingerprint density at radius 2 is 1.90 bits per heavy atom. The van der Waals surface area contributed by atoms with Crippen LogP contribution in [0.2, 0.25) is 0 Å². The fourth-order valence-corrected chi connectivity index (χ4v) is 1.79. The topological polar surface area (TPSA) is 29.5 Å². The number of aryl methyl sites for hydroxylation is 1. The zero-order valence-corrected chi connectivity index (χ0v) is 11.5. The Balaban J connectivity index is 2.17. The fourth-order valence-electron chi connectivity index (χ4n) is 1.79. The van der Waals surface area contributed by atoms with Crippen molar-refractivity contribution in [3.8, 4) is 17.6 Å². The average molecular weight is 288 g/mol. The molecule has 0 amide bonds. The van der Waals surface area contributed by atoms with E-state index < -0.39 is 11.6 Å². The molecule has 0 atom stereocenters. The second-order valence-corrected chi connectivity index (χ2v) is 4.50. The molecule has 4 heteroatoms. The number of hydrogen-bond acceptors (Lipinski definition) is 2. The molecule has 0 aromatic heterocycles. The van der Waals surface area contributed by atoms with E-state index in [1.807, 2.05) is 19.1 Å². The van der Waals surface area contributed by atoms with E-state index in [4.69, 9.17) is 9.84 Å². The van der Waals surface area contributed by atoms with Crippen LogP contribution in [0.15, 0.2) is 36.4 Å². The molecule has 0 bridgehead atoms. The number of halogens is 2. The molecule has 0 aliphatic carbocycles. The highest BCUT2D eigenvalue weighted by Crippen LogP contribution is 2.21. The quantitative estimate of drug-likeness (QED) is 0.879. The maximum Gasteiger partial charge on any atom is 0.159 e. The summed E-state index contributed by atoms with van der Waals surface area (Å²) in [5.74, 6) is 4.11. The van der Waals surface area contributed by atoms with Crippen LogP contribution in [0.1, 0.15) is 16.7 Å². The molecular weight excluding hydrogens is 274 g/mol. The number of rotatable bonds is 3. The standard InChI is InChI=1S/C17H14F2O2/c1-12-4-7-17(14(9-12)3-2-8-20)21-11-13-5-6-15(18)16(19)10-13/h4-7,9-10,20H,8,11H2,1H3. The molecule has 1 N–H and O–H groups in total. The molecule has 2 nitrogen and oxygen atoms in total. The van der Waals surface area contributed by atoms with Gasteiger partial charge in [0.2, 0.25) is 0 Å². The molecule has 0 radical (unpaired) electrons. The van der Waals surface area contributed by atoms with Gasteiger partial charge < -0.3 is 9.84 Å². The van der Waals surface area contributed by atoms with Crippen LogP contribution in [0.5, 0.6) is 5.75 Å². The smallest absolute Gasteiger partial charge is 0.159 e. The van der Waals surface area contributed by atoms with Gasteiger partial charge in [0.25, 0.3) is 0 Å². The number of hydrogen-bond donors (Lipinski definition) is 1. The predicted octanol–water partition coefficient (Wildman–Crippen LogP) is 3.20. The highest BCUT2D eigenvalue weighted by Gasteiger charge is 2.05. The molecule has 2 aromatic rings. The average Bonchev–Trinajstić information content (AvgIpc) is 2.47. The zero-order chi connectivity index (χ0) is 15.2. The molecule has 0 saturated carbocycles. The predicted molar refractivity (Wildman–Crippen MR) is 75.8 cm³/mol. The molecule has 2 rings (SSSR count). The first kappa shape index (κ1) is 15.0. The van der Waals surface area contributed by atoms with Crippen molar-refractivity contribution >= 4 is 0 Å². The van der Waals surface area contributed by atoms with Crippen molar-refractivity contribution in [1.82, 2.24) is 0 Å². The summed E-state index contributed by atoms with van der Waals surface area (Å²) in [6.07, 6.45) is 0. The Hall–Kier alpha value is -2.38. The summed E-state index contributed by atoms with van der Waals surface area (Å²) >= 11 is 0. The van der Waals surface area contributed by atoms with Gasteiger partial charge in [-0.15, -0.1) is 0 Å².